The van der Waals surface area contributed by atoms with Gasteiger partial charge in [0.05, 0.1) is 27.3 Å². The zero-order valence-electron chi connectivity index (χ0n) is 19.2. The van der Waals surface area contributed by atoms with Crippen molar-refractivity contribution in [3.05, 3.63) is 122 Å². The summed E-state index contributed by atoms with van der Waals surface area (Å²) >= 11 is 14.8. The van der Waals surface area contributed by atoms with E-state index in [1.165, 1.54) is 23.9 Å². The number of hydrogen-bond acceptors (Lipinski definition) is 5. The Morgan fingerprint density at radius 1 is 0.892 bits per heavy atom. The van der Waals surface area contributed by atoms with Crippen LogP contribution < -0.4 is 9.60 Å². The standard InChI is InChI=1S/C27H20Cl2N2O3S3/c28-20-11-9-18(10-12-20)17-35-25-8-4-3-7-23(25)30-37(33,34)21-13-14-24-26(15-21)36-27(32)31(24)16-19-5-1-2-6-22(19)29/h1-15,30H,16-17H2. The van der Waals surface area contributed by atoms with Crippen LogP contribution in [0.5, 0.6) is 0 Å². The van der Waals surface area contributed by atoms with Gasteiger partial charge in [0.25, 0.3) is 10.0 Å². The van der Waals surface area contributed by atoms with E-state index in [1.807, 2.05) is 54.6 Å². The Hall–Kier alpha value is -2.75. The predicted octanol–water partition coefficient (Wildman–Crippen LogP) is 7.51. The van der Waals surface area contributed by atoms with Crippen molar-refractivity contribution in [2.45, 2.75) is 22.1 Å². The summed E-state index contributed by atoms with van der Waals surface area (Å²) in [4.78, 5) is 13.4. The number of thioether (sulfide) groups is 1. The molecule has 0 aliphatic carbocycles. The summed E-state index contributed by atoms with van der Waals surface area (Å²) < 4.78 is 31.5. The molecular weight excluding hydrogens is 567 g/mol. The van der Waals surface area contributed by atoms with Gasteiger partial charge in [0.15, 0.2) is 0 Å². The molecule has 0 amide bonds. The van der Waals surface area contributed by atoms with Crippen LogP contribution in [0.25, 0.3) is 10.2 Å². The fourth-order valence-electron chi connectivity index (χ4n) is 3.78. The first-order valence-electron chi connectivity index (χ1n) is 11.2. The normalized spacial score (nSPS) is 11.6. The molecule has 5 aromatic rings. The largest absolute Gasteiger partial charge is 0.308 e. The molecule has 0 bridgehead atoms. The first-order valence-corrected chi connectivity index (χ1v) is 15.2. The van der Waals surface area contributed by atoms with Crippen LogP contribution >= 0.6 is 46.3 Å². The Balaban J connectivity index is 1.39. The molecule has 37 heavy (non-hydrogen) atoms. The summed E-state index contributed by atoms with van der Waals surface area (Å²) in [5.41, 5.74) is 3.05. The van der Waals surface area contributed by atoms with Gasteiger partial charge in [0.2, 0.25) is 0 Å². The number of thiazole rings is 1. The highest BCUT2D eigenvalue weighted by molar-refractivity contribution is 7.98. The number of aromatic nitrogens is 1. The summed E-state index contributed by atoms with van der Waals surface area (Å²) in [6.45, 7) is 0.307. The van der Waals surface area contributed by atoms with Gasteiger partial charge in [0, 0.05) is 20.7 Å². The Morgan fingerprint density at radius 3 is 2.41 bits per heavy atom. The minimum absolute atomic E-state index is 0.0867. The van der Waals surface area contributed by atoms with E-state index in [2.05, 4.69) is 4.72 Å². The first kappa shape index (κ1) is 25.9. The van der Waals surface area contributed by atoms with Crippen molar-refractivity contribution >= 4 is 72.2 Å². The number of anilines is 1. The highest BCUT2D eigenvalue weighted by Crippen LogP contribution is 2.32. The zero-order chi connectivity index (χ0) is 26.0. The molecular formula is C27H20Cl2N2O3S3. The van der Waals surface area contributed by atoms with Crippen molar-refractivity contribution in [3.63, 3.8) is 0 Å². The average Bonchev–Trinajstić information content (AvgIpc) is 3.19. The fourth-order valence-corrected chi connectivity index (χ4v) is 7.24. The smallest absolute Gasteiger partial charge is 0.294 e. The maximum absolute atomic E-state index is 13.3. The van der Waals surface area contributed by atoms with Gasteiger partial charge in [-0.1, -0.05) is 77.0 Å². The average molecular weight is 588 g/mol. The van der Waals surface area contributed by atoms with Crippen molar-refractivity contribution in [3.8, 4) is 0 Å². The number of nitrogens with zero attached hydrogens (tertiary/aromatic N) is 1. The third-order valence-electron chi connectivity index (χ3n) is 5.68. The number of halogens is 2. The minimum Gasteiger partial charge on any atom is -0.294 e. The van der Waals surface area contributed by atoms with Gasteiger partial charge in [-0.2, -0.15) is 0 Å². The summed E-state index contributed by atoms with van der Waals surface area (Å²) in [6, 6.07) is 26.9. The van der Waals surface area contributed by atoms with Crippen molar-refractivity contribution in [1.29, 1.82) is 0 Å². The molecule has 10 heteroatoms. The van der Waals surface area contributed by atoms with E-state index in [0.717, 1.165) is 27.4 Å². The number of sulfonamides is 1. The van der Waals surface area contributed by atoms with Gasteiger partial charge in [0.1, 0.15) is 0 Å². The highest BCUT2D eigenvalue weighted by Gasteiger charge is 2.19. The summed E-state index contributed by atoms with van der Waals surface area (Å²) in [7, 11) is -3.89. The molecule has 5 nitrogen and oxygen atoms in total. The van der Waals surface area contributed by atoms with Crippen LogP contribution in [0.1, 0.15) is 11.1 Å². The van der Waals surface area contributed by atoms with Gasteiger partial charge in [-0.3, -0.25) is 14.1 Å². The highest BCUT2D eigenvalue weighted by atomic mass is 35.5. The van der Waals surface area contributed by atoms with Crippen LogP contribution in [0, 0.1) is 0 Å². The third-order valence-corrected chi connectivity index (χ3v) is 9.75. The first-order chi connectivity index (χ1) is 17.8. The van der Waals surface area contributed by atoms with Gasteiger partial charge in [-0.05, 0) is 59.7 Å². The van der Waals surface area contributed by atoms with E-state index in [-0.39, 0.29) is 9.77 Å². The molecule has 5 rings (SSSR count). The topological polar surface area (TPSA) is 68.2 Å². The van der Waals surface area contributed by atoms with Crippen molar-refractivity contribution < 1.29 is 8.42 Å². The lowest BCUT2D eigenvalue weighted by molar-refractivity contribution is 0.601. The lowest BCUT2D eigenvalue weighted by atomic mass is 10.2. The Morgan fingerprint density at radius 2 is 1.62 bits per heavy atom. The van der Waals surface area contributed by atoms with Crippen LogP contribution in [0.15, 0.2) is 106 Å². The van der Waals surface area contributed by atoms with E-state index >= 15 is 0 Å². The molecule has 1 heterocycles. The third kappa shape index (κ3) is 5.89. The predicted molar refractivity (Wildman–Crippen MR) is 155 cm³/mol. The molecule has 1 N–H and O–H groups in total. The quantitative estimate of drug-likeness (QED) is 0.191. The van der Waals surface area contributed by atoms with Gasteiger partial charge >= 0.3 is 4.87 Å². The van der Waals surface area contributed by atoms with Crippen molar-refractivity contribution in [2.24, 2.45) is 0 Å². The lowest BCUT2D eigenvalue weighted by Crippen LogP contribution is -2.14. The minimum atomic E-state index is -3.89. The lowest BCUT2D eigenvalue weighted by Gasteiger charge is -2.13. The molecule has 0 saturated carbocycles. The summed E-state index contributed by atoms with van der Waals surface area (Å²) in [5.74, 6) is 0.661. The van der Waals surface area contributed by atoms with E-state index < -0.39 is 10.0 Å². The summed E-state index contributed by atoms with van der Waals surface area (Å²) in [6.07, 6.45) is 0. The molecule has 188 valence electrons. The molecule has 0 aliphatic heterocycles. The molecule has 0 atom stereocenters. The molecule has 0 unspecified atom stereocenters. The second kappa shape index (κ2) is 10.9. The van der Waals surface area contributed by atoms with E-state index in [9.17, 15) is 13.2 Å². The van der Waals surface area contributed by atoms with Crippen LogP contribution in [0.3, 0.4) is 0 Å². The van der Waals surface area contributed by atoms with Crippen LogP contribution in [-0.4, -0.2) is 13.0 Å². The number of hydrogen-bond donors (Lipinski definition) is 1. The van der Waals surface area contributed by atoms with Crippen molar-refractivity contribution in [1.82, 2.24) is 4.57 Å². The zero-order valence-corrected chi connectivity index (χ0v) is 23.2. The van der Waals surface area contributed by atoms with Crippen molar-refractivity contribution in [2.75, 3.05) is 4.72 Å². The van der Waals surface area contributed by atoms with Gasteiger partial charge < -0.3 is 0 Å². The second-order valence-corrected chi connectivity index (χ2v) is 12.7. The molecule has 0 fully saturated rings. The van der Waals surface area contributed by atoms with Crippen LogP contribution in [0.2, 0.25) is 10.0 Å². The molecule has 0 aliphatic rings. The van der Waals surface area contributed by atoms with E-state index in [0.29, 0.717) is 38.2 Å². The molecule has 1 aromatic heterocycles. The number of rotatable bonds is 8. The van der Waals surface area contributed by atoms with Gasteiger partial charge in [-0.25, -0.2) is 8.42 Å². The Labute approximate surface area is 232 Å². The van der Waals surface area contributed by atoms with E-state index in [4.69, 9.17) is 23.2 Å². The van der Waals surface area contributed by atoms with Crippen LogP contribution in [-0.2, 0) is 22.3 Å². The molecule has 0 radical (unpaired) electrons. The molecule has 0 spiro atoms. The molecule has 4 aromatic carbocycles. The maximum atomic E-state index is 13.3. The SMILES string of the molecule is O=c1sc2cc(S(=O)(=O)Nc3ccccc3SCc3ccc(Cl)cc3)ccc2n1Cc1ccccc1Cl. The monoisotopic (exact) mass is 586 g/mol. The fraction of sp³-hybridized carbons (Fsp3) is 0.0741. The number of para-hydroxylation sites is 1. The Bertz CT molecular complexity index is 1750. The summed E-state index contributed by atoms with van der Waals surface area (Å²) in [5, 5.41) is 1.24. The van der Waals surface area contributed by atoms with E-state index in [1.54, 1.807) is 28.8 Å². The number of nitrogens with one attached hydrogen (secondary N) is 1. The number of fused-ring (bicyclic) bond motifs is 1. The maximum Gasteiger partial charge on any atom is 0.308 e. The number of benzene rings is 4. The van der Waals surface area contributed by atoms with Crippen LogP contribution in [0.4, 0.5) is 5.69 Å². The Kier molecular flexibility index (Phi) is 7.65. The molecule has 0 saturated heterocycles. The van der Waals surface area contributed by atoms with Gasteiger partial charge in [-0.15, -0.1) is 11.8 Å². The second-order valence-electron chi connectivity index (χ2n) is 8.19.